The molecule has 0 bridgehead atoms. The van der Waals surface area contributed by atoms with E-state index in [-0.39, 0.29) is 6.10 Å². The number of hydrogen-bond acceptors (Lipinski definition) is 1. The summed E-state index contributed by atoms with van der Waals surface area (Å²) in [4.78, 5) is 0. The van der Waals surface area contributed by atoms with Gasteiger partial charge < -0.3 is 5.11 Å². The first-order chi connectivity index (χ1) is 5.71. The van der Waals surface area contributed by atoms with Gasteiger partial charge in [-0.15, -0.1) is 0 Å². The quantitative estimate of drug-likeness (QED) is 0.544. The molecule has 0 aromatic carbocycles. The fourth-order valence-corrected chi connectivity index (χ4v) is 4.10. The van der Waals surface area contributed by atoms with Gasteiger partial charge >= 0.3 is 0 Å². The number of fused-ring (bicyclic) bond motifs is 1. The average Bonchev–Trinajstić information content (AvgIpc) is 2.44. The summed E-state index contributed by atoms with van der Waals surface area (Å²) in [7, 11) is 0. The smallest absolute Gasteiger partial charge is 0.0579 e. The molecule has 1 nitrogen and oxygen atoms in total. The number of aliphatic hydroxyl groups is 1. The van der Waals surface area contributed by atoms with E-state index in [0.717, 1.165) is 6.42 Å². The van der Waals surface area contributed by atoms with Crippen molar-refractivity contribution in [2.75, 3.05) is 0 Å². The molecule has 66 valence electrons. The Hall–Kier alpha value is -0.300. The summed E-state index contributed by atoms with van der Waals surface area (Å²) in [5.74, 6) is 0.625. The fourth-order valence-electron chi connectivity index (χ4n) is 4.10. The van der Waals surface area contributed by atoms with E-state index >= 15 is 0 Å². The van der Waals surface area contributed by atoms with E-state index in [1.807, 2.05) is 0 Å². The Bertz CT molecular complexity index is 258. The summed E-state index contributed by atoms with van der Waals surface area (Å²) in [6, 6.07) is 0. The van der Waals surface area contributed by atoms with Crippen LogP contribution in [0.15, 0.2) is 12.2 Å². The van der Waals surface area contributed by atoms with Gasteiger partial charge in [-0.2, -0.15) is 0 Å². The van der Waals surface area contributed by atoms with Crippen LogP contribution in [0, 0.1) is 16.7 Å². The third-order valence-corrected chi connectivity index (χ3v) is 4.80. The standard InChI is InChI=1S/C11H16O/c1-10-5-2-3-6-11(10)7-4-8(12)9(10)11/h2-3,8-9,12H,4-7H2,1H3. The summed E-state index contributed by atoms with van der Waals surface area (Å²) in [6.07, 6.45) is 9.37. The molecule has 4 atom stereocenters. The molecule has 0 radical (unpaired) electrons. The average molecular weight is 164 g/mol. The van der Waals surface area contributed by atoms with E-state index in [1.54, 1.807) is 0 Å². The highest BCUT2D eigenvalue weighted by molar-refractivity contribution is 5.30. The van der Waals surface area contributed by atoms with Crippen LogP contribution in [-0.2, 0) is 0 Å². The molecule has 2 fully saturated rings. The Morgan fingerprint density at radius 1 is 1.33 bits per heavy atom. The van der Waals surface area contributed by atoms with E-state index in [2.05, 4.69) is 19.1 Å². The molecule has 4 unspecified atom stereocenters. The molecule has 0 amide bonds. The highest BCUT2D eigenvalue weighted by Crippen LogP contribution is 2.80. The van der Waals surface area contributed by atoms with Gasteiger partial charge in [0.15, 0.2) is 0 Å². The van der Waals surface area contributed by atoms with Crippen LogP contribution in [0.25, 0.3) is 0 Å². The first-order valence-electron chi connectivity index (χ1n) is 5.04. The second kappa shape index (κ2) is 1.79. The van der Waals surface area contributed by atoms with Crippen molar-refractivity contribution >= 4 is 0 Å². The summed E-state index contributed by atoms with van der Waals surface area (Å²) in [5.41, 5.74) is 1.00. The van der Waals surface area contributed by atoms with Gasteiger partial charge in [-0.1, -0.05) is 19.1 Å². The van der Waals surface area contributed by atoms with Crippen LogP contribution in [-0.4, -0.2) is 11.2 Å². The van der Waals surface area contributed by atoms with Crippen LogP contribution in [0.1, 0.15) is 32.6 Å². The van der Waals surface area contributed by atoms with Crippen LogP contribution in [0.4, 0.5) is 0 Å². The number of aliphatic hydroxyl groups excluding tert-OH is 1. The summed E-state index contributed by atoms with van der Waals surface area (Å²) in [5, 5.41) is 9.80. The Morgan fingerprint density at radius 3 is 2.83 bits per heavy atom. The molecule has 3 rings (SSSR count). The highest BCUT2D eigenvalue weighted by atomic mass is 16.3. The van der Waals surface area contributed by atoms with E-state index in [1.165, 1.54) is 19.3 Å². The first-order valence-corrected chi connectivity index (χ1v) is 5.04. The van der Waals surface area contributed by atoms with Crippen molar-refractivity contribution in [3.05, 3.63) is 12.2 Å². The second-order valence-corrected chi connectivity index (χ2v) is 5.04. The Morgan fingerprint density at radius 2 is 2.08 bits per heavy atom. The number of rotatable bonds is 0. The monoisotopic (exact) mass is 164 g/mol. The summed E-state index contributed by atoms with van der Waals surface area (Å²) >= 11 is 0. The molecule has 0 aliphatic heterocycles. The van der Waals surface area contributed by atoms with Crippen molar-refractivity contribution in [2.45, 2.75) is 38.7 Å². The van der Waals surface area contributed by atoms with Crippen molar-refractivity contribution in [1.29, 1.82) is 0 Å². The van der Waals surface area contributed by atoms with Crippen molar-refractivity contribution < 1.29 is 5.11 Å². The zero-order valence-electron chi connectivity index (χ0n) is 7.59. The molecule has 0 heterocycles. The van der Waals surface area contributed by atoms with Gasteiger partial charge in [-0.25, -0.2) is 0 Å². The molecule has 1 N–H and O–H groups in total. The van der Waals surface area contributed by atoms with Crippen molar-refractivity contribution in [1.82, 2.24) is 0 Å². The minimum absolute atomic E-state index is 0.00917. The van der Waals surface area contributed by atoms with Gasteiger partial charge in [0.05, 0.1) is 6.10 Å². The predicted molar refractivity (Wildman–Crippen MR) is 47.6 cm³/mol. The predicted octanol–water partition coefficient (Wildman–Crippen LogP) is 2.11. The molecular weight excluding hydrogens is 148 g/mol. The zero-order valence-corrected chi connectivity index (χ0v) is 7.59. The number of hydrogen-bond donors (Lipinski definition) is 1. The minimum Gasteiger partial charge on any atom is -0.393 e. The van der Waals surface area contributed by atoms with Crippen LogP contribution in [0.5, 0.6) is 0 Å². The topological polar surface area (TPSA) is 20.2 Å². The zero-order chi connectivity index (χ0) is 8.40. The first kappa shape index (κ1) is 7.14. The Labute approximate surface area is 73.5 Å². The largest absolute Gasteiger partial charge is 0.393 e. The molecule has 12 heavy (non-hydrogen) atoms. The molecule has 3 aliphatic carbocycles. The molecular formula is C11H16O. The van der Waals surface area contributed by atoms with E-state index < -0.39 is 0 Å². The SMILES string of the molecule is CC12CC=CCC13CCC(O)C23. The lowest BCUT2D eigenvalue weighted by Crippen LogP contribution is -2.16. The Balaban J connectivity index is 2.01. The lowest BCUT2D eigenvalue weighted by molar-refractivity contribution is 0.134. The molecule has 2 saturated carbocycles. The van der Waals surface area contributed by atoms with Gasteiger partial charge in [0.2, 0.25) is 0 Å². The molecule has 1 heteroatoms. The van der Waals surface area contributed by atoms with Crippen LogP contribution in [0.2, 0.25) is 0 Å². The fraction of sp³-hybridized carbons (Fsp3) is 0.818. The normalized spacial score (nSPS) is 61.2. The van der Waals surface area contributed by atoms with Crippen LogP contribution < -0.4 is 0 Å². The van der Waals surface area contributed by atoms with Crippen molar-refractivity contribution in [3.63, 3.8) is 0 Å². The van der Waals surface area contributed by atoms with Crippen LogP contribution >= 0.6 is 0 Å². The lowest BCUT2D eigenvalue weighted by atomic mass is 9.81. The molecule has 0 aromatic rings. The van der Waals surface area contributed by atoms with E-state index in [0.29, 0.717) is 16.7 Å². The van der Waals surface area contributed by atoms with Crippen LogP contribution in [0.3, 0.4) is 0 Å². The maximum atomic E-state index is 9.80. The number of allylic oxidation sites excluding steroid dienone is 2. The maximum absolute atomic E-state index is 9.80. The van der Waals surface area contributed by atoms with Gasteiger partial charge in [0.1, 0.15) is 0 Å². The maximum Gasteiger partial charge on any atom is 0.0579 e. The summed E-state index contributed by atoms with van der Waals surface area (Å²) in [6.45, 7) is 2.36. The highest BCUT2D eigenvalue weighted by Gasteiger charge is 2.76. The lowest BCUT2D eigenvalue weighted by Gasteiger charge is -2.24. The van der Waals surface area contributed by atoms with E-state index in [4.69, 9.17) is 0 Å². The van der Waals surface area contributed by atoms with Gasteiger partial charge in [0, 0.05) is 0 Å². The molecule has 3 aliphatic rings. The van der Waals surface area contributed by atoms with Gasteiger partial charge in [0.25, 0.3) is 0 Å². The third-order valence-electron chi connectivity index (χ3n) is 4.80. The molecule has 1 spiro atoms. The second-order valence-electron chi connectivity index (χ2n) is 5.04. The third kappa shape index (κ3) is 0.517. The minimum atomic E-state index is 0.00917. The van der Waals surface area contributed by atoms with Gasteiger partial charge in [-0.3, -0.25) is 0 Å². The van der Waals surface area contributed by atoms with Crippen molar-refractivity contribution in [3.8, 4) is 0 Å². The Kier molecular flexibility index (Phi) is 1.07. The molecule has 0 aromatic heterocycles. The summed E-state index contributed by atoms with van der Waals surface area (Å²) < 4.78 is 0. The molecule has 0 saturated heterocycles. The van der Waals surface area contributed by atoms with Crippen molar-refractivity contribution in [2.24, 2.45) is 16.7 Å². The van der Waals surface area contributed by atoms with E-state index in [9.17, 15) is 5.11 Å². The van der Waals surface area contributed by atoms with Gasteiger partial charge in [-0.05, 0) is 42.4 Å².